The zero-order chi connectivity index (χ0) is 12.6. The van der Waals surface area contributed by atoms with Crippen LogP contribution < -0.4 is 10.5 Å². The Hall–Kier alpha value is -1.23. The maximum Gasteiger partial charge on any atom is 0.405 e. The first-order valence-corrected chi connectivity index (χ1v) is 6.08. The lowest BCUT2D eigenvalue weighted by atomic mass is 9.81. The molecule has 4 nitrogen and oxygen atoms in total. The highest BCUT2D eigenvalue weighted by atomic mass is 79.9. The summed E-state index contributed by atoms with van der Waals surface area (Å²) in [5.41, 5.74) is 5.67. The molecule has 0 saturated heterocycles. The standard InChI is InChI=1S/C12H14BrNO3/c1-12(2)6-16-9-5-7(13)3-4-8(9)10(12)17-11(14)15/h3-5,10H,6H2,1-2H3,(H2,14,15). The first kappa shape index (κ1) is 12.2. The van der Waals surface area contributed by atoms with Crippen molar-refractivity contribution in [2.45, 2.75) is 20.0 Å². The van der Waals surface area contributed by atoms with E-state index < -0.39 is 6.09 Å². The van der Waals surface area contributed by atoms with Crippen LogP contribution in [-0.4, -0.2) is 12.7 Å². The fraction of sp³-hybridized carbons (Fsp3) is 0.417. The monoisotopic (exact) mass is 299 g/mol. The highest BCUT2D eigenvalue weighted by Crippen LogP contribution is 2.45. The summed E-state index contributed by atoms with van der Waals surface area (Å²) in [5.74, 6) is 0.727. The summed E-state index contributed by atoms with van der Waals surface area (Å²) in [6.07, 6.45) is -1.14. The highest BCUT2D eigenvalue weighted by Gasteiger charge is 2.40. The van der Waals surface area contributed by atoms with Gasteiger partial charge in [0.15, 0.2) is 0 Å². The van der Waals surface area contributed by atoms with Crippen LogP contribution in [0.1, 0.15) is 25.5 Å². The van der Waals surface area contributed by atoms with Crippen molar-refractivity contribution in [2.75, 3.05) is 6.61 Å². The Balaban J connectivity index is 2.43. The summed E-state index contributed by atoms with van der Waals surface area (Å²) in [7, 11) is 0. The van der Waals surface area contributed by atoms with Crippen molar-refractivity contribution < 1.29 is 14.3 Å². The quantitative estimate of drug-likeness (QED) is 0.867. The number of carbonyl (C=O) groups excluding carboxylic acids is 1. The topological polar surface area (TPSA) is 61.6 Å². The van der Waals surface area contributed by atoms with Crippen LogP contribution in [0.25, 0.3) is 0 Å². The van der Waals surface area contributed by atoms with Crippen LogP contribution in [0.3, 0.4) is 0 Å². The van der Waals surface area contributed by atoms with Gasteiger partial charge in [-0.15, -0.1) is 0 Å². The van der Waals surface area contributed by atoms with Crippen molar-refractivity contribution in [1.82, 2.24) is 0 Å². The van der Waals surface area contributed by atoms with E-state index in [-0.39, 0.29) is 11.5 Å². The van der Waals surface area contributed by atoms with Gasteiger partial charge >= 0.3 is 6.09 Å². The maximum atomic E-state index is 11.0. The molecule has 1 atom stereocenters. The van der Waals surface area contributed by atoms with Crippen molar-refractivity contribution in [3.8, 4) is 5.75 Å². The fourth-order valence-electron chi connectivity index (χ4n) is 1.95. The number of amides is 1. The van der Waals surface area contributed by atoms with E-state index in [4.69, 9.17) is 15.2 Å². The molecular weight excluding hydrogens is 286 g/mol. The molecule has 0 aliphatic carbocycles. The molecule has 1 aliphatic heterocycles. The van der Waals surface area contributed by atoms with Crippen LogP contribution in [0.2, 0.25) is 0 Å². The number of ether oxygens (including phenoxy) is 2. The normalized spacial score (nSPS) is 21.2. The number of primary amides is 1. The van der Waals surface area contributed by atoms with Crippen LogP contribution in [0.5, 0.6) is 5.75 Å². The molecular formula is C12H14BrNO3. The van der Waals surface area contributed by atoms with E-state index in [2.05, 4.69) is 15.9 Å². The predicted molar refractivity (Wildman–Crippen MR) is 66.8 cm³/mol. The van der Waals surface area contributed by atoms with Crippen molar-refractivity contribution in [3.63, 3.8) is 0 Å². The van der Waals surface area contributed by atoms with Gasteiger partial charge in [0.05, 0.1) is 6.61 Å². The molecule has 1 aromatic rings. The number of rotatable bonds is 1. The van der Waals surface area contributed by atoms with Gasteiger partial charge in [-0.1, -0.05) is 35.8 Å². The summed E-state index contributed by atoms with van der Waals surface area (Å²) < 4.78 is 11.8. The van der Waals surface area contributed by atoms with Crippen molar-refractivity contribution in [1.29, 1.82) is 0 Å². The second-order valence-corrected chi connectivity index (χ2v) is 5.69. The molecule has 0 bridgehead atoms. The smallest absolute Gasteiger partial charge is 0.405 e. The first-order chi connectivity index (χ1) is 7.90. The number of benzene rings is 1. The largest absolute Gasteiger partial charge is 0.492 e. The average Bonchev–Trinajstić information content (AvgIpc) is 2.22. The molecule has 1 unspecified atom stereocenters. The Morgan fingerprint density at radius 3 is 2.94 bits per heavy atom. The van der Waals surface area contributed by atoms with E-state index in [0.29, 0.717) is 6.61 Å². The van der Waals surface area contributed by atoms with Gasteiger partial charge in [0, 0.05) is 15.5 Å². The molecule has 1 amide bonds. The number of carbonyl (C=O) groups is 1. The number of nitrogens with two attached hydrogens (primary N) is 1. The first-order valence-electron chi connectivity index (χ1n) is 5.28. The van der Waals surface area contributed by atoms with E-state index in [1.54, 1.807) is 0 Å². The summed E-state index contributed by atoms with van der Waals surface area (Å²) in [6.45, 7) is 4.44. The number of hydrogen-bond donors (Lipinski definition) is 1. The maximum absolute atomic E-state index is 11.0. The summed E-state index contributed by atoms with van der Waals surface area (Å²) in [4.78, 5) is 11.0. The minimum Gasteiger partial charge on any atom is -0.492 e. The van der Waals surface area contributed by atoms with Gasteiger partial charge in [-0.2, -0.15) is 0 Å². The molecule has 17 heavy (non-hydrogen) atoms. The van der Waals surface area contributed by atoms with Crippen molar-refractivity contribution in [3.05, 3.63) is 28.2 Å². The van der Waals surface area contributed by atoms with Gasteiger partial charge in [-0.05, 0) is 12.1 Å². The van der Waals surface area contributed by atoms with E-state index in [1.807, 2.05) is 32.0 Å². The van der Waals surface area contributed by atoms with Crippen LogP contribution in [0, 0.1) is 5.41 Å². The molecule has 1 heterocycles. The minimum absolute atomic E-state index is 0.296. The highest BCUT2D eigenvalue weighted by molar-refractivity contribution is 9.10. The molecule has 1 aromatic carbocycles. The van der Waals surface area contributed by atoms with E-state index in [1.165, 1.54) is 0 Å². The zero-order valence-corrected chi connectivity index (χ0v) is 11.3. The lowest BCUT2D eigenvalue weighted by Crippen LogP contribution is -2.37. The van der Waals surface area contributed by atoms with Crippen LogP contribution >= 0.6 is 15.9 Å². The summed E-state index contributed by atoms with van der Waals surface area (Å²) in [5, 5.41) is 0. The van der Waals surface area contributed by atoms with Gasteiger partial charge in [0.25, 0.3) is 0 Å². The lowest BCUT2D eigenvalue weighted by molar-refractivity contribution is -0.0176. The third kappa shape index (κ3) is 2.39. The second-order valence-electron chi connectivity index (χ2n) is 4.78. The molecule has 5 heteroatoms. The average molecular weight is 300 g/mol. The molecule has 0 saturated carbocycles. The van der Waals surface area contributed by atoms with Gasteiger partial charge in [-0.25, -0.2) is 4.79 Å². The van der Waals surface area contributed by atoms with Crippen LogP contribution in [-0.2, 0) is 4.74 Å². The number of halogens is 1. The molecule has 2 rings (SSSR count). The van der Waals surface area contributed by atoms with Crippen LogP contribution in [0.4, 0.5) is 4.79 Å². The van der Waals surface area contributed by atoms with Crippen molar-refractivity contribution >= 4 is 22.0 Å². The Labute approximate surface area is 108 Å². The van der Waals surface area contributed by atoms with E-state index in [0.717, 1.165) is 15.8 Å². The van der Waals surface area contributed by atoms with Crippen molar-refractivity contribution in [2.24, 2.45) is 11.1 Å². The molecule has 2 N–H and O–H groups in total. The van der Waals surface area contributed by atoms with Gasteiger partial charge in [0.1, 0.15) is 11.9 Å². The Morgan fingerprint density at radius 1 is 1.59 bits per heavy atom. The molecule has 1 aliphatic rings. The molecule has 0 spiro atoms. The third-order valence-electron chi connectivity index (χ3n) is 2.80. The van der Waals surface area contributed by atoms with Gasteiger partial charge in [-0.3, -0.25) is 0 Å². The second kappa shape index (κ2) is 4.22. The number of hydrogen-bond acceptors (Lipinski definition) is 3. The minimum atomic E-state index is -0.765. The fourth-order valence-corrected chi connectivity index (χ4v) is 2.29. The summed E-state index contributed by atoms with van der Waals surface area (Å²) >= 11 is 3.38. The Morgan fingerprint density at radius 2 is 2.29 bits per heavy atom. The SMILES string of the molecule is CC1(C)COc2cc(Br)ccc2C1OC(N)=O. The molecule has 0 fully saturated rings. The number of fused-ring (bicyclic) bond motifs is 1. The van der Waals surface area contributed by atoms with Gasteiger partial charge in [0.2, 0.25) is 0 Å². The summed E-state index contributed by atoms with van der Waals surface area (Å²) in [6, 6.07) is 5.64. The zero-order valence-electron chi connectivity index (χ0n) is 9.70. The molecule has 0 radical (unpaired) electrons. The van der Waals surface area contributed by atoms with Crippen LogP contribution in [0.15, 0.2) is 22.7 Å². The van der Waals surface area contributed by atoms with E-state index >= 15 is 0 Å². The van der Waals surface area contributed by atoms with E-state index in [9.17, 15) is 4.79 Å². The molecule has 92 valence electrons. The Bertz CT molecular complexity index is 459. The predicted octanol–water partition coefficient (Wildman–Crippen LogP) is 3.00. The Kier molecular flexibility index (Phi) is 3.03. The third-order valence-corrected chi connectivity index (χ3v) is 3.29. The van der Waals surface area contributed by atoms with Gasteiger partial charge < -0.3 is 15.2 Å². The molecule has 0 aromatic heterocycles. The lowest BCUT2D eigenvalue weighted by Gasteiger charge is -2.38.